The van der Waals surface area contributed by atoms with E-state index in [0.29, 0.717) is 0 Å². The summed E-state index contributed by atoms with van der Waals surface area (Å²) in [5, 5.41) is 0. The van der Waals surface area contributed by atoms with Crippen molar-refractivity contribution in [2.24, 2.45) is 5.92 Å². The fourth-order valence-electron chi connectivity index (χ4n) is 1.19. The van der Waals surface area contributed by atoms with Crippen molar-refractivity contribution in [2.75, 3.05) is 0 Å². The minimum absolute atomic E-state index is 0.106. The summed E-state index contributed by atoms with van der Waals surface area (Å²) in [5.74, 6) is -1.13. The molecule has 1 fully saturated rings. The van der Waals surface area contributed by atoms with Gasteiger partial charge in [-0.1, -0.05) is 13.5 Å². The number of ether oxygens (including phenoxy) is 2. The Morgan fingerprint density at radius 2 is 2.07 bits per heavy atom. The van der Waals surface area contributed by atoms with E-state index < -0.39 is 18.0 Å². The minimum Gasteiger partial charge on any atom is -0.459 e. The van der Waals surface area contributed by atoms with Crippen molar-refractivity contribution in [3.05, 3.63) is 12.2 Å². The molecular formula is C10H14O4. The summed E-state index contributed by atoms with van der Waals surface area (Å²) in [4.78, 5) is 22.4. The van der Waals surface area contributed by atoms with Gasteiger partial charge in [-0.15, -0.1) is 0 Å². The van der Waals surface area contributed by atoms with Gasteiger partial charge in [0.1, 0.15) is 6.10 Å². The average molecular weight is 198 g/mol. The van der Waals surface area contributed by atoms with E-state index in [1.807, 2.05) is 6.92 Å². The second kappa shape index (κ2) is 3.82. The highest BCUT2D eigenvalue weighted by atomic mass is 16.6. The molecule has 0 N–H and O–H groups in total. The number of rotatable bonds is 2. The lowest BCUT2D eigenvalue weighted by Crippen LogP contribution is -2.28. The third kappa shape index (κ3) is 1.95. The Morgan fingerprint density at radius 1 is 1.50 bits per heavy atom. The molecule has 0 aromatic carbocycles. The van der Waals surface area contributed by atoms with Gasteiger partial charge in [-0.25, -0.2) is 9.59 Å². The highest BCUT2D eigenvalue weighted by Crippen LogP contribution is 2.24. The molecule has 0 saturated carbocycles. The van der Waals surface area contributed by atoms with Crippen LogP contribution in [0.5, 0.6) is 0 Å². The molecule has 0 radical (unpaired) electrons. The van der Waals surface area contributed by atoms with Crippen molar-refractivity contribution in [1.29, 1.82) is 0 Å². The molecule has 0 aromatic heterocycles. The highest BCUT2D eigenvalue weighted by Gasteiger charge is 2.42. The van der Waals surface area contributed by atoms with Crippen LogP contribution in [0, 0.1) is 5.92 Å². The first-order chi connectivity index (χ1) is 6.43. The fourth-order valence-corrected chi connectivity index (χ4v) is 1.19. The maximum atomic E-state index is 11.2. The SMILES string of the molecule is C=C(C)C(=O)OC1C(=O)OC(C)C1C. The van der Waals surface area contributed by atoms with Gasteiger partial charge in [-0.3, -0.25) is 0 Å². The van der Waals surface area contributed by atoms with Crippen LogP contribution < -0.4 is 0 Å². The number of hydrogen-bond donors (Lipinski definition) is 0. The zero-order chi connectivity index (χ0) is 10.9. The molecule has 0 aromatic rings. The molecule has 1 saturated heterocycles. The summed E-state index contributed by atoms with van der Waals surface area (Å²) in [5.41, 5.74) is 0.282. The third-order valence-electron chi connectivity index (χ3n) is 2.33. The molecule has 0 bridgehead atoms. The zero-order valence-electron chi connectivity index (χ0n) is 8.57. The maximum absolute atomic E-state index is 11.2. The predicted octanol–water partition coefficient (Wildman–Crippen LogP) is 1.06. The van der Waals surface area contributed by atoms with Crippen LogP contribution in [0.4, 0.5) is 0 Å². The van der Waals surface area contributed by atoms with Crippen molar-refractivity contribution < 1.29 is 19.1 Å². The summed E-state index contributed by atoms with van der Waals surface area (Å²) < 4.78 is 9.88. The van der Waals surface area contributed by atoms with Crippen LogP contribution in [0.25, 0.3) is 0 Å². The summed E-state index contributed by atoms with van der Waals surface area (Å²) in [7, 11) is 0. The molecule has 1 aliphatic heterocycles. The topological polar surface area (TPSA) is 52.6 Å². The quantitative estimate of drug-likeness (QED) is 0.491. The number of esters is 2. The smallest absolute Gasteiger partial charge is 0.348 e. The van der Waals surface area contributed by atoms with Gasteiger partial charge in [-0.2, -0.15) is 0 Å². The van der Waals surface area contributed by atoms with E-state index in [9.17, 15) is 9.59 Å². The molecular weight excluding hydrogens is 184 g/mol. The lowest BCUT2D eigenvalue weighted by Gasteiger charge is -2.13. The number of hydrogen-bond acceptors (Lipinski definition) is 4. The van der Waals surface area contributed by atoms with E-state index in [4.69, 9.17) is 9.47 Å². The van der Waals surface area contributed by atoms with Gasteiger partial charge in [-0.05, 0) is 13.8 Å². The first-order valence-electron chi connectivity index (χ1n) is 4.50. The summed E-state index contributed by atoms with van der Waals surface area (Å²) in [6.07, 6.45) is -0.986. The zero-order valence-corrected chi connectivity index (χ0v) is 8.57. The van der Waals surface area contributed by atoms with Crippen LogP contribution in [-0.2, 0) is 19.1 Å². The summed E-state index contributed by atoms with van der Waals surface area (Å²) in [6, 6.07) is 0. The van der Waals surface area contributed by atoms with Crippen LogP contribution in [0.3, 0.4) is 0 Å². The molecule has 4 heteroatoms. The van der Waals surface area contributed by atoms with E-state index in [1.54, 1.807) is 6.92 Å². The Balaban J connectivity index is 2.65. The number of carbonyl (C=O) groups excluding carboxylic acids is 2. The molecule has 4 nitrogen and oxygen atoms in total. The fraction of sp³-hybridized carbons (Fsp3) is 0.600. The van der Waals surface area contributed by atoms with Crippen molar-refractivity contribution in [3.63, 3.8) is 0 Å². The number of cyclic esters (lactones) is 1. The Hall–Kier alpha value is -1.32. The first kappa shape index (κ1) is 10.8. The Kier molecular flexibility index (Phi) is 2.93. The number of carbonyl (C=O) groups is 2. The Labute approximate surface area is 82.9 Å². The van der Waals surface area contributed by atoms with Crippen LogP contribution in [-0.4, -0.2) is 24.1 Å². The Morgan fingerprint density at radius 3 is 2.43 bits per heavy atom. The van der Waals surface area contributed by atoms with Gasteiger partial charge < -0.3 is 9.47 Å². The minimum atomic E-state index is -0.783. The molecule has 0 spiro atoms. The van der Waals surface area contributed by atoms with Gasteiger partial charge in [0.25, 0.3) is 0 Å². The van der Waals surface area contributed by atoms with Gasteiger partial charge in [0, 0.05) is 11.5 Å². The molecule has 0 aliphatic carbocycles. The molecule has 3 atom stereocenters. The third-order valence-corrected chi connectivity index (χ3v) is 2.33. The lowest BCUT2D eigenvalue weighted by molar-refractivity contribution is -0.159. The molecule has 1 rings (SSSR count). The Bertz CT molecular complexity index is 282. The van der Waals surface area contributed by atoms with E-state index in [0.717, 1.165) is 0 Å². The normalized spacial score (nSPS) is 31.1. The monoisotopic (exact) mass is 198 g/mol. The van der Waals surface area contributed by atoms with Crippen LogP contribution in [0.1, 0.15) is 20.8 Å². The second-order valence-corrected chi connectivity index (χ2v) is 3.61. The lowest BCUT2D eigenvalue weighted by atomic mass is 10.0. The first-order valence-corrected chi connectivity index (χ1v) is 4.50. The summed E-state index contributed by atoms with van der Waals surface area (Å²) >= 11 is 0. The molecule has 1 aliphatic rings. The van der Waals surface area contributed by atoms with Gasteiger partial charge in [0.2, 0.25) is 6.10 Å². The summed E-state index contributed by atoms with van der Waals surface area (Å²) in [6.45, 7) is 8.56. The van der Waals surface area contributed by atoms with E-state index in [2.05, 4.69) is 6.58 Å². The van der Waals surface area contributed by atoms with E-state index >= 15 is 0 Å². The van der Waals surface area contributed by atoms with E-state index in [1.165, 1.54) is 6.92 Å². The van der Waals surface area contributed by atoms with Gasteiger partial charge >= 0.3 is 11.9 Å². The largest absolute Gasteiger partial charge is 0.459 e. The molecule has 14 heavy (non-hydrogen) atoms. The van der Waals surface area contributed by atoms with Crippen LogP contribution in [0.2, 0.25) is 0 Å². The molecule has 78 valence electrons. The van der Waals surface area contributed by atoms with Crippen LogP contribution >= 0.6 is 0 Å². The van der Waals surface area contributed by atoms with Crippen molar-refractivity contribution in [2.45, 2.75) is 33.0 Å². The highest BCUT2D eigenvalue weighted by molar-refractivity contribution is 5.90. The van der Waals surface area contributed by atoms with Gasteiger partial charge in [0.05, 0.1) is 0 Å². The van der Waals surface area contributed by atoms with E-state index in [-0.39, 0.29) is 17.6 Å². The second-order valence-electron chi connectivity index (χ2n) is 3.61. The van der Waals surface area contributed by atoms with Gasteiger partial charge in [0.15, 0.2) is 0 Å². The molecule has 3 unspecified atom stereocenters. The predicted molar refractivity (Wildman–Crippen MR) is 49.4 cm³/mol. The molecule has 1 heterocycles. The maximum Gasteiger partial charge on any atom is 0.348 e. The van der Waals surface area contributed by atoms with Crippen LogP contribution in [0.15, 0.2) is 12.2 Å². The van der Waals surface area contributed by atoms with Crippen molar-refractivity contribution in [3.8, 4) is 0 Å². The standard InChI is InChI=1S/C10H14O4/c1-5(2)9(11)14-8-6(3)7(4)13-10(8)12/h6-8H,1H2,2-4H3. The molecule has 0 amide bonds. The van der Waals surface area contributed by atoms with Crippen molar-refractivity contribution >= 4 is 11.9 Å². The van der Waals surface area contributed by atoms with Crippen molar-refractivity contribution in [1.82, 2.24) is 0 Å². The average Bonchev–Trinajstić information content (AvgIpc) is 2.32.